The third-order valence-corrected chi connectivity index (χ3v) is 4.25. The summed E-state index contributed by atoms with van der Waals surface area (Å²) < 4.78 is 34.7. The summed E-state index contributed by atoms with van der Waals surface area (Å²) in [7, 11) is 4.63. The second-order valence-electron chi connectivity index (χ2n) is 6.25. The van der Waals surface area contributed by atoms with Crippen LogP contribution in [0, 0.1) is 0 Å². The smallest absolute Gasteiger partial charge is 0.387 e. The molecule has 0 saturated carbocycles. The number of ether oxygens (including phenoxy) is 2. The van der Waals surface area contributed by atoms with E-state index in [9.17, 15) is 13.6 Å². The van der Waals surface area contributed by atoms with Gasteiger partial charge in [-0.1, -0.05) is 18.2 Å². The van der Waals surface area contributed by atoms with Crippen molar-refractivity contribution >= 4 is 11.9 Å². The van der Waals surface area contributed by atoms with Gasteiger partial charge in [-0.2, -0.15) is 8.78 Å². The zero-order valence-electron chi connectivity index (χ0n) is 17.2. The van der Waals surface area contributed by atoms with E-state index >= 15 is 0 Å². The highest BCUT2D eigenvalue weighted by molar-refractivity contribution is 5.94. The fourth-order valence-electron chi connectivity index (χ4n) is 2.76. The van der Waals surface area contributed by atoms with E-state index in [2.05, 4.69) is 25.7 Å². The summed E-state index contributed by atoms with van der Waals surface area (Å²) in [5.74, 6) is 0.646. The fourth-order valence-corrected chi connectivity index (χ4v) is 2.76. The van der Waals surface area contributed by atoms with Crippen molar-refractivity contribution in [2.45, 2.75) is 19.6 Å². The molecule has 0 aliphatic carbocycles. The van der Waals surface area contributed by atoms with Crippen LogP contribution in [-0.4, -0.2) is 46.2 Å². The van der Waals surface area contributed by atoms with Crippen LogP contribution in [0.1, 0.15) is 21.5 Å². The summed E-state index contributed by atoms with van der Waals surface area (Å²) in [6.45, 7) is -1.98. The standard InChI is InChI=1S/C21H26F2N4O3/c1-24-19(28)16-6-4-5-14(11-16)9-10-26-21(25-2)27-13-15-7-8-17(29-3)18(12-15)30-20(22)23/h4-8,11-12,20H,9-10,13H2,1-3H3,(H,24,28)(H2,25,26,27). The van der Waals surface area contributed by atoms with Crippen molar-refractivity contribution in [1.82, 2.24) is 16.0 Å². The summed E-state index contributed by atoms with van der Waals surface area (Å²) in [6, 6.07) is 12.2. The zero-order chi connectivity index (χ0) is 21.9. The Labute approximate surface area is 174 Å². The molecule has 0 heterocycles. The number of carbonyl (C=O) groups is 1. The highest BCUT2D eigenvalue weighted by Gasteiger charge is 2.11. The highest BCUT2D eigenvalue weighted by atomic mass is 19.3. The van der Waals surface area contributed by atoms with Crippen LogP contribution in [0.15, 0.2) is 47.5 Å². The van der Waals surface area contributed by atoms with E-state index in [0.29, 0.717) is 31.0 Å². The van der Waals surface area contributed by atoms with Crippen molar-refractivity contribution in [3.63, 3.8) is 0 Å². The number of carbonyl (C=O) groups excluding carboxylic acids is 1. The Balaban J connectivity index is 1.89. The van der Waals surface area contributed by atoms with Crippen LogP contribution in [0.25, 0.3) is 0 Å². The van der Waals surface area contributed by atoms with Crippen molar-refractivity contribution in [2.75, 3.05) is 27.7 Å². The molecule has 2 aromatic rings. The fraction of sp³-hybridized carbons (Fsp3) is 0.333. The van der Waals surface area contributed by atoms with E-state index in [1.807, 2.05) is 18.2 Å². The number of nitrogens with one attached hydrogen (secondary N) is 3. The lowest BCUT2D eigenvalue weighted by Crippen LogP contribution is -2.37. The van der Waals surface area contributed by atoms with Crippen molar-refractivity contribution in [3.8, 4) is 11.5 Å². The topological polar surface area (TPSA) is 84.0 Å². The number of nitrogens with zero attached hydrogens (tertiary/aromatic N) is 1. The number of aliphatic imine (C=N–C) groups is 1. The predicted molar refractivity (Wildman–Crippen MR) is 111 cm³/mol. The Morgan fingerprint density at radius 3 is 2.57 bits per heavy atom. The second kappa shape index (κ2) is 11.6. The van der Waals surface area contributed by atoms with Gasteiger partial charge in [0.2, 0.25) is 0 Å². The van der Waals surface area contributed by atoms with Crippen molar-refractivity contribution in [2.24, 2.45) is 4.99 Å². The van der Waals surface area contributed by atoms with Crippen LogP contribution >= 0.6 is 0 Å². The Morgan fingerprint density at radius 1 is 1.10 bits per heavy atom. The van der Waals surface area contributed by atoms with Gasteiger partial charge in [-0.05, 0) is 41.8 Å². The average Bonchev–Trinajstić information content (AvgIpc) is 2.75. The molecule has 162 valence electrons. The first-order chi connectivity index (χ1) is 14.5. The van der Waals surface area contributed by atoms with Crippen LogP contribution in [-0.2, 0) is 13.0 Å². The number of hydrogen-bond acceptors (Lipinski definition) is 4. The highest BCUT2D eigenvalue weighted by Crippen LogP contribution is 2.29. The molecule has 7 nitrogen and oxygen atoms in total. The molecule has 0 radical (unpaired) electrons. The molecule has 0 unspecified atom stereocenters. The minimum absolute atomic E-state index is 0.0225. The van der Waals surface area contributed by atoms with E-state index in [4.69, 9.17) is 4.74 Å². The summed E-state index contributed by atoms with van der Waals surface area (Å²) in [6.07, 6.45) is 0.695. The van der Waals surface area contributed by atoms with Gasteiger partial charge in [-0.25, -0.2) is 0 Å². The van der Waals surface area contributed by atoms with Gasteiger partial charge in [0.25, 0.3) is 5.91 Å². The Hall–Kier alpha value is -3.36. The molecule has 0 fully saturated rings. The van der Waals surface area contributed by atoms with Crippen molar-refractivity contribution < 1.29 is 23.0 Å². The zero-order valence-corrected chi connectivity index (χ0v) is 17.2. The maximum absolute atomic E-state index is 12.6. The number of amides is 1. The number of alkyl halides is 2. The summed E-state index contributed by atoms with van der Waals surface area (Å²) in [5, 5.41) is 8.91. The average molecular weight is 420 g/mol. The molecule has 0 aliphatic rings. The Morgan fingerprint density at radius 2 is 1.90 bits per heavy atom. The van der Waals surface area contributed by atoms with Crippen LogP contribution < -0.4 is 25.4 Å². The largest absolute Gasteiger partial charge is 0.493 e. The molecule has 2 rings (SSSR count). The van der Waals surface area contributed by atoms with E-state index in [1.165, 1.54) is 13.2 Å². The number of guanidine groups is 1. The van der Waals surface area contributed by atoms with Gasteiger partial charge in [-0.15, -0.1) is 0 Å². The molecule has 0 aromatic heterocycles. The SMILES string of the molecule is CN=C(NCCc1cccc(C(=O)NC)c1)NCc1ccc(OC)c(OC(F)F)c1. The van der Waals surface area contributed by atoms with Gasteiger partial charge in [0.05, 0.1) is 7.11 Å². The van der Waals surface area contributed by atoms with Crippen LogP contribution in [0.3, 0.4) is 0 Å². The summed E-state index contributed by atoms with van der Waals surface area (Å²) >= 11 is 0. The molecular formula is C21H26F2N4O3. The summed E-state index contributed by atoms with van der Waals surface area (Å²) in [4.78, 5) is 15.9. The van der Waals surface area contributed by atoms with Gasteiger partial charge < -0.3 is 25.4 Å². The molecule has 0 bridgehead atoms. The van der Waals surface area contributed by atoms with Gasteiger partial charge in [-0.3, -0.25) is 9.79 Å². The number of hydrogen-bond donors (Lipinski definition) is 3. The molecule has 0 aliphatic heterocycles. The number of halogens is 2. The quantitative estimate of drug-likeness (QED) is 0.429. The van der Waals surface area contributed by atoms with E-state index in [1.54, 1.807) is 32.3 Å². The van der Waals surface area contributed by atoms with E-state index in [-0.39, 0.29) is 17.4 Å². The molecule has 1 amide bonds. The lowest BCUT2D eigenvalue weighted by molar-refractivity contribution is -0.0512. The third-order valence-electron chi connectivity index (χ3n) is 4.25. The Kier molecular flexibility index (Phi) is 8.86. The van der Waals surface area contributed by atoms with Gasteiger partial charge in [0.15, 0.2) is 17.5 Å². The van der Waals surface area contributed by atoms with Crippen molar-refractivity contribution in [3.05, 3.63) is 59.2 Å². The first kappa shape index (κ1) is 22.9. The van der Waals surface area contributed by atoms with Crippen LogP contribution in [0.4, 0.5) is 8.78 Å². The van der Waals surface area contributed by atoms with Crippen LogP contribution in [0.2, 0.25) is 0 Å². The number of benzene rings is 2. The first-order valence-electron chi connectivity index (χ1n) is 9.34. The second-order valence-corrected chi connectivity index (χ2v) is 6.25. The molecule has 9 heteroatoms. The maximum Gasteiger partial charge on any atom is 0.387 e. The minimum Gasteiger partial charge on any atom is -0.493 e. The molecule has 0 atom stereocenters. The summed E-state index contributed by atoms with van der Waals surface area (Å²) in [5.41, 5.74) is 2.36. The molecular weight excluding hydrogens is 394 g/mol. The monoisotopic (exact) mass is 420 g/mol. The predicted octanol–water partition coefficient (Wildman–Crippen LogP) is 2.56. The van der Waals surface area contributed by atoms with Gasteiger partial charge in [0.1, 0.15) is 0 Å². The van der Waals surface area contributed by atoms with E-state index < -0.39 is 6.61 Å². The Bertz CT molecular complexity index is 875. The van der Waals surface area contributed by atoms with Crippen LogP contribution in [0.5, 0.6) is 11.5 Å². The number of rotatable bonds is 9. The lowest BCUT2D eigenvalue weighted by Gasteiger charge is -2.14. The molecule has 3 N–H and O–H groups in total. The number of methoxy groups -OCH3 is 1. The van der Waals surface area contributed by atoms with E-state index in [0.717, 1.165) is 11.1 Å². The first-order valence-corrected chi connectivity index (χ1v) is 9.34. The normalized spacial score (nSPS) is 11.2. The molecule has 2 aromatic carbocycles. The third kappa shape index (κ3) is 6.91. The molecule has 0 saturated heterocycles. The lowest BCUT2D eigenvalue weighted by atomic mass is 10.1. The van der Waals surface area contributed by atoms with Crippen molar-refractivity contribution in [1.29, 1.82) is 0 Å². The maximum atomic E-state index is 12.6. The molecule has 0 spiro atoms. The minimum atomic E-state index is -2.93. The van der Waals surface area contributed by atoms with Gasteiger partial charge >= 0.3 is 6.61 Å². The van der Waals surface area contributed by atoms with Gasteiger partial charge in [0, 0.05) is 32.7 Å². The molecule has 30 heavy (non-hydrogen) atoms.